The standard InChI is InChI=1S/C17H20ClNO4/c1-17(2,3)23-16(22)19-9-5-4-6-12-10-14(18)8-7-13(12)11-15(20)21/h7-8,10H,5,9,11H2,1-3H3,(H,19,22)(H,20,21). The van der Waals surface area contributed by atoms with Crippen molar-refractivity contribution in [3.8, 4) is 11.8 Å². The topological polar surface area (TPSA) is 75.6 Å². The minimum Gasteiger partial charge on any atom is -0.481 e. The first-order chi connectivity index (χ1) is 10.7. The molecule has 0 atom stereocenters. The minimum absolute atomic E-state index is 0.114. The van der Waals surface area contributed by atoms with Crippen molar-refractivity contribution in [2.75, 3.05) is 6.54 Å². The fourth-order valence-electron chi connectivity index (χ4n) is 1.68. The van der Waals surface area contributed by atoms with Crippen LogP contribution in [0.15, 0.2) is 18.2 Å². The highest BCUT2D eigenvalue weighted by Crippen LogP contribution is 2.16. The van der Waals surface area contributed by atoms with Crippen molar-refractivity contribution in [1.29, 1.82) is 0 Å². The van der Waals surface area contributed by atoms with Crippen LogP contribution in [-0.4, -0.2) is 29.3 Å². The molecule has 0 saturated heterocycles. The largest absolute Gasteiger partial charge is 0.481 e. The number of carboxylic acids is 1. The summed E-state index contributed by atoms with van der Waals surface area (Å²) in [6, 6.07) is 4.92. The van der Waals surface area contributed by atoms with Crippen LogP contribution in [-0.2, 0) is 16.0 Å². The van der Waals surface area contributed by atoms with Gasteiger partial charge in [-0.2, -0.15) is 0 Å². The summed E-state index contributed by atoms with van der Waals surface area (Å²) in [6.07, 6.45) is -0.191. The van der Waals surface area contributed by atoms with Gasteiger partial charge in [0.25, 0.3) is 0 Å². The molecule has 0 fully saturated rings. The highest BCUT2D eigenvalue weighted by Gasteiger charge is 2.15. The van der Waals surface area contributed by atoms with Gasteiger partial charge in [-0.05, 0) is 38.5 Å². The fraction of sp³-hybridized carbons (Fsp3) is 0.412. The molecule has 0 aliphatic rings. The molecule has 1 aromatic rings. The van der Waals surface area contributed by atoms with Gasteiger partial charge in [0.05, 0.1) is 6.42 Å². The number of hydrogen-bond acceptors (Lipinski definition) is 3. The number of hydrogen-bond donors (Lipinski definition) is 2. The Balaban J connectivity index is 2.58. The zero-order chi connectivity index (χ0) is 17.5. The van der Waals surface area contributed by atoms with Crippen LogP contribution in [0.5, 0.6) is 0 Å². The molecule has 0 aromatic heterocycles. The van der Waals surface area contributed by atoms with E-state index in [4.69, 9.17) is 21.4 Å². The molecule has 0 aliphatic heterocycles. The third-order valence-electron chi connectivity index (χ3n) is 2.55. The van der Waals surface area contributed by atoms with Crippen LogP contribution in [0.25, 0.3) is 0 Å². The van der Waals surface area contributed by atoms with E-state index < -0.39 is 17.7 Å². The van der Waals surface area contributed by atoms with E-state index in [1.807, 2.05) is 0 Å². The molecule has 0 saturated carbocycles. The second-order valence-electron chi connectivity index (χ2n) is 5.85. The number of carbonyl (C=O) groups excluding carboxylic acids is 1. The number of amides is 1. The number of benzene rings is 1. The predicted molar refractivity (Wildman–Crippen MR) is 88.5 cm³/mol. The van der Waals surface area contributed by atoms with Crippen LogP contribution in [0, 0.1) is 11.8 Å². The van der Waals surface area contributed by atoms with E-state index in [0.717, 1.165) is 0 Å². The van der Waals surface area contributed by atoms with Crippen molar-refractivity contribution >= 4 is 23.7 Å². The van der Waals surface area contributed by atoms with Gasteiger partial charge in [-0.25, -0.2) is 4.79 Å². The van der Waals surface area contributed by atoms with E-state index in [-0.39, 0.29) is 6.42 Å². The molecule has 0 spiro atoms. The Morgan fingerprint density at radius 3 is 2.65 bits per heavy atom. The van der Waals surface area contributed by atoms with E-state index in [1.165, 1.54) is 0 Å². The van der Waals surface area contributed by atoms with Gasteiger partial charge in [0, 0.05) is 23.6 Å². The average molecular weight is 338 g/mol. The predicted octanol–water partition coefficient (Wildman–Crippen LogP) is 3.23. The van der Waals surface area contributed by atoms with Crippen LogP contribution in [0.2, 0.25) is 5.02 Å². The van der Waals surface area contributed by atoms with Gasteiger partial charge in [0.2, 0.25) is 0 Å². The second kappa shape index (κ2) is 8.44. The molecular formula is C17H20ClNO4. The molecule has 1 rings (SSSR count). The van der Waals surface area contributed by atoms with E-state index >= 15 is 0 Å². The minimum atomic E-state index is -0.929. The Labute approximate surface area is 141 Å². The van der Waals surface area contributed by atoms with E-state index in [2.05, 4.69) is 17.2 Å². The third-order valence-corrected chi connectivity index (χ3v) is 2.79. The van der Waals surface area contributed by atoms with Crippen LogP contribution < -0.4 is 5.32 Å². The SMILES string of the molecule is CC(C)(C)OC(=O)NCCC#Cc1cc(Cl)ccc1CC(=O)O. The number of ether oxygens (including phenoxy) is 1. The molecule has 2 N–H and O–H groups in total. The number of carboxylic acid groups (broad SMARTS) is 1. The maximum absolute atomic E-state index is 11.4. The zero-order valence-corrected chi connectivity index (χ0v) is 14.2. The lowest BCUT2D eigenvalue weighted by Crippen LogP contribution is -2.32. The molecule has 0 unspecified atom stereocenters. The first-order valence-electron chi connectivity index (χ1n) is 7.13. The van der Waals surface area contributed by atoms with Gasteiger partial charge in [0.15, 0.2) is 0 Å². The quantitative estimate of drug-likeness (QED) is 0.653. The Kier molecular flexibility index (Phi) is 6.92. The Hall–Kier alpha value is -2.19. The molecule has 23 heavy (non-hydrogen) atoms. The number of nitrogens with one attached hydrogen (secondary N) is 1. The van der Waals surface area contributed by atoms with Crippen molar-refractivity contribution < 1.29 is 19.4 Å². The molecule has 0 aliphatic carbocycles. The van der Waals surface area contributed by atoms with Gasteiger partial charge >= 0.3 is 12.1 Å². The number of aliphatic carboxylic acids is 1. The first-order valence-corrected chi connectivity index (χ1v) is 7.51. The van der Waals surface area contributed by atoms with Crippen LogP contribution in [0.4, 0.5) is 4.79 Å². The van der Waals surface area contributed by atoms with Gasteiger partial charge in [0.1, 0.15) is 5.60 Å². The van der Waals surface area contributed by atoms with Crippen molar-refractivity contribution in [3.63, 3.8) is 0 Å². The van der Waals surface area contributed by atoms with E-state index in [0.29, 0.717) is 29.1 Å². The summed E-state index contributed by atoms with van der Waals surface area (Å²) in [4.78, 5) is 22.3. The van der Waals surface area contributed by atoms with Crippen molar-refractivity contribution in [2.24, 2.45) is 0 Å². The summed E-state index contributed by atoms with van der Waals surface area (Å²) in [5.74, 6) is 4.85. The number of alkyl carbamates (subject to hydrolysis) is 1. The summed E-state index contributed by atoms with van der Waals surface area (Å²) in [7, 11) is 0. The maximum Gasteiger partial charge on any atom is 0.407 e. The molecular weight excluding hydrogens is 318 g/mol. The monoisotopic (exact) mass is 337 g/mol. The Morgan fingerprint density at radius 2 is 2.04 bits per heavy atom. The Morgan fingerprint density at radius 1 is 1.35 bits per heavy atom. The summed E-state index contributed by atoms with van der Waals surface area (Å²) in [5.41, 5.74) is 0.647. The summed E-state index contributed by atoms with van der Waals surface area (Å²) >= 11 is 5.91. The second-order valence-corrected chi connectivity index (χ2v) is 6.29. The zero-order valence-electron chi connectivity index (χ0n) is 13.4. The lowest BCUT2D eigenvalue weighted by molar-refractivity contribution is -0.136. The average Bonchev–Trinajstić information content (AvgIpc) is 2.38. The highest BCUT2D eigenvalue weighted by molar-refractivity contribution is 6.30. The molecule has 6 heteroatoms. The lowest BCUT2D eigenvalue weighted by Gasteiger charge is -2.19. The molecule has 124 valence electrons. The summed E-state index contributed by atoms with van der Waals surface area (Å²) in [5, 5.41) is 12.0. The van der Waals surface area contributed by atoms with Gasteiger partial charge in [-0.15, -0.1) is 0 Å². The molecule has 1 aromatic carbocycles. The summed E-state index contributed by atoms with van der Waals surface area (Å²) < 4.78 is 5.10. The van der Waals surface area contributed by atoms with Crippen LogP contribution in [0.1, 0.15) is 38.3 Å². The molecule has 5 nitrogen and oxygen atoms in total. The highest BCUT2D eigenvalue weighted by atomic mass is 35.5. The normalized spacial score (nSPS) is 10.4. The smallest absolute Gasteiger partial charge is 0.407 e. The van der Waals surface area contributed by atoms with Crippen LogP contribution >= 0.6 is 11.6 Å². The molecule has 1 amide bonds. The number of rotatable bonds is 4. The molecule has 0 heterocycles. The number of carbonyl (C=O) groups is 2. The molecule has 0 radical (unpaired) electrons. The fourth-order valence-corrected chi connectivity index (χ4v) is 1.85. The number of halogens is 1. The van der Waals surface area contributed by atoms with Crippen molar-refractivity contribution in [1.82, 2.24) is 5.32 Å². The maximum atomic E-state index is 11.4. The first kappa shape index (κ1) is 18.9. The summed E-state index contributed by atoms with van der Waals surface area (Å²) in [6.45, 7) is 5.71. The Bertz CT molecular complexity index is 638. The van der Waals surface area contributed by atoms with Gasteiger partial charge in [-0.1, -0.05) is 29.5 Å². The third kappa shape index (κ3) is 8.12. The lowest BCUT2D eigenvalue weighted by atomic mass is 10.0. The van der Waals surface area contributed by atoms with E-state index in [1.54, 1.807) is 39.0 Å². The van der Waals surface area contributed by atoms with Crippen molar-refractivity contribution in [3.05, 3.63) is 34.3 Å². The van der Waals surface area contributed by atoms with Crippen LogP contribution in [0.3, 0.4) is 0 Å². The van der Waals surface area contributed by atoms with Gasteiger partial charge < -0.3 is 15.2 Å². The van der Waals surface area contributed by atoms with E-state index in [9.17, 15) is 9.59 Å². The van der Waals surface area contributed by atoms with Gasteiger partial charge in [-0.3, -0.25) is 4.79 Å². The molecule has 0 bridgehead atoms. The van der Waals surface area contributed by atoms with Crippen molar-refractivity contribution in [2.45, 2.75) is 39.2 Å².